The first-order valence-corrected chi connectivity index (χ1v) is 8.47. The standard InChI is InChI=1S/C12H24N2O2S2/c1-12(2,3)18(15,16)9-8-14-7-5-4-6-10(14)11(13)17/h10H,4-9H2,1-3H3,(H2,13,17). The van der Waals surface area contributed by atoms with E-state index in [2.05, 4.69) is 4.90 Å². The topological polar surface area (TPSA) is 63.4 Å². The van der Waals surface area contributed by atoms with Gasteiger partial charge in [-0.2, -0.15) is 0 Å². The lowest BCUT2D eigenvalue weighted by Crippen LogP contribution is -2.49. The first-order valence-electron chi connectivity index (χ1n) is 6.41. The molecule has 1 aliphatic heterocycles. The van der Waals surface area contributed by atoms with Crippen molar-refractivity contribution >= 4 is 27.0 Å². The second-order valence-electron chi connectivity index (χ2n) is 5.88. The fraction of sp³-hybridized carbons (Fsp3) is 0.917. The van der Waals surface area contributed by atoms with Gasteiger partial charge in [-0.25, -0.2) is 8.42 Å². The molecule has 0 aromatic rings. The Kier molecular flexibility index (Phi) is 5.14. The SMILES string of the molecule is CC(C)(C)S(=O)(=O)CCN1CCCCC1C(N)=S. The molecule has 1 heterocycles. The van der Waals surface area contributed by atoms with Crippen molar-refractivity contribution in [3.63, 3.8) is 0 Å². The van der Waals surface area contributed by atoms with Crippen LogP contribution in [0.2, 0.25) is 0 Å². The van der Waals surface area contributed by atoms with Crippen LogP contribution >= 0.6 is 12.2 Å². The highest BCUT2D eigenvalue weighted by Crippen LogP contribution is 2.20. The second kappa shape index (κ2) is 5.84. The van der Waals surface area contributed by atoms with Crippen molar-refractivity contribution in [3.05, 3.63) is 0 Å². The Bertz CT molecular complexity index is 399. The molecule has 1 fully saturated rings. The minimum absolute atomic E-state index is 0.0731. The van der Waals surface area contributed by atoms with Gasteiger partial charge in [0.1, 0.15) is 0 Å². The fourth-order valence-corrected chi connectivity index (χ4v) is 3.48. The average molecular weight is 292 g/mol. The molecule has 0 aliphatic carbocycles. The molecule has 1 saturated heterocycles. The van der Waals surface area contributed by atoms with E-state index in [1.54, 1.807) is 20.8 Å². The molecular formula is C12H24N2O2S2. The van der Waals surface area contributed by atoms with Crippen molar-refractivity contribution in [3.8, 4) is 0 Å². The number of nitrogens with zero attached hydrogens (tertiary/aromatic N) is 1. The van der Waals surface area contributed by atoms with Crippen LogP contribution in [0.25, 0.3) is 0 Å². The molecular weight excluding hydrogens is 268 g/mol. The largest absolute Gasteiger partial charge is 0.392 e. The van der Waals surface area contributed by atoms with Gasteiger partial charge in [0.25, 0.3) is 0 Å². The summed E-state index contributed by atoms with van der Waals surface area (Å²) < 4.78 is 23.5. The monoisotopic (exact) mass is 292 g/mol. The molecule has 0 radical (unpaired) electrons. The van der Waals surface area contributed by atoms with Crippen LogP contribution in [-0.4, -0.2) is 47.9 Å². The van der Waals surface area contributed by atoms with Crippen molar-refractivity contribution in [1.29, 1.82) is 0 Å². The van der Waals surface area contributed by atoms with Crippen molar-refractivity contribution in [2.45, 2.75) is 50.8 Å². The third-order valence-corrected chi connectivity index (χ3v) is 6.38. The summed E-state index contributed by atoms with van der Waals surface area (Å²) in [5.74, 6) is 0.176. The maximum Gasteiger partial charge on any atom is 0.156 e. The highest BCUT2D eigenvalue weighted by Gasteiger charge is 2.31. The smallest absolute Gasteiger partial charge is 0.156 e. The summed E-state index contributed by atoms with van der Waals surface area (Å²) in [6, 6.07) is 0.0731. The Morgan fingerprint density at radius 1 is 1.39 bits per heavy atom. The number of hydrogen-bond donors (Lipinski definition) is 1. The molecule has 1 unspecified atom stereocenters. The number of likely N-dealkylation sites (tertiary alicyclic amines) is 1. The number of sulfone groups is 1. The van der Waals surface area contributed by atoms with Crippen LogP contribution in [0.3, 0.4) is 0 Å². The van der Waals surface area contributed by atoms with Crippen LogP contribution in [-0.2, 0) is 9.84 Å². The minimum atomic E-state index is -3.07. The summed E-state index contributed by atoms with van der Waals surface area (Å²) in [7, 11) is -3.07. The Morgan fingerprint density at radius 3 is 2.50 bits per heavy atom. The third kappa shape index (κ3) is 3.90. The zero-order valence-electron chi connectivity index (χ0n) is 11.5. The van der Waals surface area contributed by atoms with Crippen molar-refractivity contribution < 1.29 is 8.42 Å². The maximum atomic E-state index is 12.1. The van der Waals surface area contributed by atoms with Gasteiger partial charge in [-0.3, -0.25) is 4.90 Å². The van der Waals surface area contributed by atoms with E-state index in [1.165, 1.54) is 0 Å². The minimum Gasteiger partial charge on any atom is -0.392 e. The summed E-state index contributed by atoms with van der Waals surface area (Å²) in [5, 5.41) is 0. The molecule has 0 amide bonds. The number of piperidine rings is 1. The van der Waals surface area contributed by atoms with E-state index in [-0.39, 0.29) is 11.8 Å². The van der Waals surface area contributed by atoms with Crippen molar-refractivity contribution in [2.75, 3.05) is 18.8 Å². The van der Waals surface area contributed by atoms with Crippen molar-refractivity contribution in [1.82, 2.24) is 4.90 Å². The molecule has 0 saturated carbocycles. The van der Waals surface area contributed by atoms with Crippen LogP contribution in [0.1, 0.15) is 40.0 Å². The number of hydrogen-bond acceptors (Lipinski definition) is 4. The average Bonchev–Trinajstić information content (AvgIpc) is 2.25. The molecule has 106 valence electrons. The summed E-state index contributed by atoms with van der Waals surface area (Å²) in [6.07, 6.45) is 3.16. The first kappa shape index (κ1) is 15.9. The first-order chi connectivity index (χ1) is 8.15. The highest BCUT2D eigenvalue weighted by molar-refractivity contribution is 7.92. The lowest BCUT2D eigenvalue weighted by atomic mass is 10.0. The third-order valence-electron chi connectivity index (χ3n) is 3.52. The Labute approximate surface area is 116 Å². The summed E-state index contributed by atoms with van der Waals surface area (Å²) >= 11 is 5.06. The quantitative estimate of drug-likeness (QED) is 0.792. The van der Waals surface area contributed by atoms with Gasteiger partial charge in [-0.1, -0.05) is 18.6 Å². The van der Waals surface area contributed by atoms with E-state index in [9.17, 15) is 8.42 Å². The Balaban J connectivity index is 2.64. The van der Waals surface area contributed by atoms with E-state index < -0.39 is 14.6 Å². The van der Waals surface area contributed by atoms with Crippen LogP contribution in [0.15, 0.2) is 0 Å². The van der Waals surface area contributed by atoms with Crippen LogP contribution in [0.5, 0.6) is 0 Å². The fourth-order valence-electron chi connectivity index (χ4n) is 2.12. The van der Waals surface area contributed by atoms with Gasteiger partial charge in [0, 0.05) is 6.54 Å². The molecule has 6 heteroatoms. The predicted octanol–water partition coefficient (Wildman–Crippen LogP) is 1.34. The normalized spacial score (nSPS) is 22.9. The van der Waals surface area contributed by atoms with E-state index >= 15 is 0 Å². The second-order valence-corrected chi connectivity index (χ2v) is 9.22. The lowest BCUT2D eigenvalue weighted by Gasteiger charge is -2.35. The zero-order valence-corrected chi connectivity index (χ0v) is 13.1. The molecule has 0 spiro atoms. The number of thiocarbonyl (C=S) groups is 1. The lowest BCUT2D eigenvalue weighted by molar-refractivity contribution is 0.203. The van der Waals surface area contributed by atoms with Gasteiger partial charge in [-0.15, -0.1) is 0 Å². The van der Waals surface area contributed by atoms with Gasteiger partial charge >= 0.3 is 0 Å². The van der Waals surface area contributed by atoms with Crippen LogP contribution in [0.4, 0.5) is 0 Å². The molecule has 2 N–H and O–H groups in total. The maximum absolute atomic E-state index is 12.1. The summed E-state index contributed by atoms with van der Waals surface area (Å²) in [4.78, 5) is 2.61. The molecule has 1 rings (SSSR count). The van der Waals surface area contributed by atoms with E-state index in [4.69, 9.17) is 18.0 Å². The molecule has 0 aromatic carbocycles. The van der Waals surface area contributed by atoms with Gasteiger partial charge < -0.3 is 5.73 Å². The van der Waals surface area contributed by atoms with Gasteiger partial charge in [0.15, 0.2) is 9.84 Å². The zero-order chi connectivity index (χ0) is 14.0. The number of rotatable bonds is 4. The van der Waals surface area contributed by atoms with E-state index in [0.29, 0.717) is 11.5 Å². The van der Waals surface area contributed by atoms with E-state index in [1.807, 2.05) is 0 Å². The van der Waals surface area contributed by atoms with Crippen LogP contribution in [0, 0.1) is 0 Å². The predicted molar refractivity (Wildman–Crippen MR) is 79.5 cm³/mol. The summed E-state index contributed by atoms with van der Waals surface area (Å²) in [6.45, 7) is 6.64. The molecule has 0 aromatic heterocycles. The van der Waals surface area contributed by atoms with Crippen LogP contribution < -0.4 is 5.73 Å². The Morgan fingerprint density at radius 2 is 2.00 bits per heavy atom. The van der Waals surface area contributed by atoms with Crippen molar-refractivity contribution in [2.24, 2.45) is 5.73 Å². The molecule has 1 atom stereocenters. The summed E-state index contributed by atoms with van der Waals surface area (Å²) in [5.41, 5.74) is 5.72. The molecule has 18 heavy (non-hydrogen) atoms. The number of nitrogens with two attached hydrogens (primary N) is 1. The molecule has 4 nitrogen and oxygen atoms in total. The van der Waals surface area contributed by atoms with Gasteiger partial charge in [0.05, 0.1) is 21.5 Å². The molecule has 1 aliphatic rings. The van der Waals surface area contributed by atoms with Gasteiger partial charge in [-0.05, 0) is 40.2 Å². The molecule has 0 bridgehead atoms. The van der Waals surface area contributed by atoms with E-state index in [0.717, 1.165) is 25.8 Å². The van der Waals surface area contributed by atoms with Gasteiger partial charge in [0.2, 0.25) is 0 Å². The highest BCUT2D eigenvalue weighted by atomic mass is 32.2. The Hall–Kier alpha value is -0.200.